The van der Waals surface area contributed by atoms with Gasteiger partial charge < -0.3 is 9.25 Å². The molecule has 0 saturated carbocycles. The maximum Gasteiger partial charge on any atom is 0.145 e. The zero-order chi connectivity index (χ0) is 6.53. The summed E-state index contributed by atoms with van der Waals surface area (Å²) in [4.78, 5) is 4.63. The lowest BCUT2D eigenvalue weighted by Gasteiger charge is -1.90. The van der Waals surface area contributed by atoms with Gasteiger partial charge in [-0.2, -0.15) is 0 Å². The molecule has 0 saturated heterocycles. The van der Waals surface area contributed by atoms with Crippen LogP contribution in [0.5, 0.6) is 0 Å². The van der Waals surface area contributed by atoms with E-state index in [0.29, 0.717) is 6.61 Å². The van der Waals surface area contributed by atoms with Crippen LogP contribution >= 0.6 is 0 Å². The third-order valence-corrected chi connectivity index (χ3v) is 0.903. The number of hydrogen-bond acceptors (Lipinski definition) is 3. The maximum atomic E-state index is 4.77. The molecule has 0 aliphatic rings. The highest BCUT2D eigenvalue weighted by atomic mass is 16.6. The Labute approximate surface area is 52.9 Å². The van der Waals surface area contributed by atoms with Crippen molar-refractivity contribution < 1.29 is 9.25 Å². The fourth-order valence-electron chi connectivity index (χ4n) is 0.495. The zero-order valence-electron chi connectivity index (χ0n) is 4.91. The minimum atomic E-state index is 0.431. The minimum absolute atomic E-state index is 0.431. The third kappa shape index (κ3) is 1.60. The lowest BCUT2D eigenvalue weighted by Crippen LogP contribution is -1.80. The molecule has 0 spiro atoms. The molecule has 3 heteroatoms. The molecule has 0 aliphatic heterocycles. The van der Waals surface area contributed by atoms with E-state index in [-0.39, 0.29) is 0 Å². The Hall–Kier alpha value is -1.25. The first-order valence-electron chi connectivity index (χ1n) is 2.52. The first-order chi connectivity index (χ1) is 4.43. The van der Waals surface area contributed by atoms with Crippen LogP contribution in [0, 0.1) is 0 Å². The van der Waals surface area contributed by atoms with Gasteiger partial charge >= 0.3 is 0 Å². The second-order valence-corrected chi connectivity index (χ2v) is 1.53. The lowest BCUT2D eigenvalue weighted by atomic mass is 10.4. The number of hydrogen-bond donors (Lipinski definition) is 0. The van der Waals surface area contributed by atoms with E-state index in [1.807, 2.05) is 6.07 Å². The van der Waals surface area contributed by atoms with Crippen molar-refractivity contribution in [3.8, 4) is 0 Å². The van der Waals surface area contributed by atoms with Gasteiger partial charge in [-0.1, -0.05) is 0 Å². The van der Waals surface area contributed by atoms with E-state index in [0.717, 1.165) is 5.56 Å². The molecule has 0 bridgehead atoms. The normalized spacial score (nSPS) is 8.89. The Kier molecular flexibility index (Phi) is 1.90. The molecule has 0 radical (unpaired) electrons. The van der Waals surface area contributed by atoms with Gasteiger partial charge in [-0.05, 0) is 6.07 Å². The van der Waals surface area contributed by atoms with Gasteiger partial charge in [0.2, 0.25) is 0 Å². The molecule has 0 amide bonds. The molecule has 1 aromatic rings. The monoisotopic (exact) mass is 125 g/mol. The first kappa shape index (κ1) is 5.88. The summed E-state index contributed by atoms with van der Waals surface area (Å²) in [5.41, 5.74) is 0.961. The Morgan fingerprint density at radius 1 is 1.78 bits per heavy atom. The van der Waals surface area contributed by atoms with Crippen molar-refractivity contribution in [1.82, 2.24) is 0 Å². The smallest absolute Gasteiger partial charge is 0.145 e. The average molecular weight is 125 g/mol. The third-order valence-electron chi connectivity index (χ3n) is 0.903. The van der Waals surface area contributed by atoms with Crippen molar-refractivity contribution in [3.05, 3.63) is 24.2 Å². The molecule has 48 valence electrons. The highest BCUT2D eigenvalue weighted by molar-refractivity contribution is 5.21. The molecule has 9 heavy (non-hydrogen) atoms. The van der Waals surface area contributed by atoms with E-state index in [1.54, 1.807) is 12.5 Å². The predicted octanol–water partition coefficient (Wildman–Crippen LogP) is 1.41. The minimum Gasteiger partial charge on any atom is -0.472 e. The summed E-state index contributed by atoms with van der Waals surface area (Å²) in [6.07, 6.45) is 3.19. The van der Waals surface area contributed by atoms with Crippen molar-refractivity contribution in [2.24, 2.45) is 5.16 Å². The molecular formula is C6H7NO2. The maximum absolute atomic E-state index is 4.77. The standard InChI is InChI=1S/C6H7NO2/c1-7-9-5-6-2-3-8-4-6/h2-4H,1,5H2. The molecule has 0 atom stereocenters. The molecule has 3 nitrogen and oxygen atoms in total. The van der Waals surface area contributed by atoms with Gasteiger partial charge in [-0.3, -0.25) is 0 Å². The largest absolute Gasteiger partial charge is 0.472 e. The Balaban J connectivity index is 2.38. The molecule has 0 fully saturated rings. The molecule has 0 aromatic carbocycles. The highest BCUT2D eigenvalue weighted by Gasteiger charge is 1.90. The van der Waals surface area contributed by atoms with Gasteiger partial charge in [0.15, 0.2) is 0 Å². The van der Waals surface area contributed by atoms with Gasteiger partial charge in [0.1, 0.15) is 6.61 Å². The molecule has 1 rings (SSSR count). The van der Waals surface area contributed by atoms with Crippen molar-refractivity contribution in [3.63, 3.8) is 0 Å². The van der Waals surface area contributed by atoms with Crippen molar-refractivity contribution in [2.75, 3.05) is 0 Å². The quantitative estimate of drug-likeness (QED) is 0.452. The number of oxime groups is 1. The summed E-state index contributed by atoms with van der Waals surface area (Å²) in [6, 6.07) is 1.81. The van der Waals surface area contributed by atoms with Crippen LogP contribution in [0.2, 0.25) is 0 Å². The van der Waals surface area contributed by atoms with Crippen LogP contribution in [-0.2, 0) is 11.4 Å². The fraction of sp³-hybridized carbons (Fsp3) is 0.167. The van der Waals surface area contributed by atoms with E-state index in [9.17, 15) is 0 Å². The molecule has 0 unspecified atom stereocenters. The summed E-state index contributed by atoms with van der Waals surface area (Å²) < 4.78 is 4.77. The van der Waals surface area contributed by atoms with Gasteiger partial charge in [-0.25, -0.2) is 0 Å². The van der Waals surface area contributed by atoms with E-state index in [2.05, 4.69) is 16.7 Å². The van der Waals surface area contributed by atoms with Crippen molar-refractivity contribution in [2.45, 2.75) is 6.61 Å². The van der Waals surface area contributed by atoms with Gasteiger partial charge in [0.25, 0.3) is 0 Å². The average Bonchev–Trinajstić information content (AvgIpc) is 2.34. The molecule has 0 aliphatic carbocycles. The summed E-state index contributed by atoms with van der Waals surface area (Å²) >= 11 is 0. The number of nitrogens with zero attached hydrogens (tertiary/aromatic N) is 1. The van der Waals surface area contributed by atoms with Gasteiger partial charge in [-0.15, -0.1) is 5.16 Å². The fourth-order valence-corrected chi connectivity index (χ4v) is 0.495. The second kappa shape index (κ2) is 2.91. The van der Waals surface area contributed by atoms with Gasteiger partial charge in [0, 0.05) is 12.3 Å². The number of rotatable bonds is 3. The van der Waals surface area contributed by atoms with Crippen LogP contribution in [-0.4, -0.2) is 6.72 Å². The Bertz CT molecular complexity index is 169. The molecule has 0 N–H and O–H groups in total. The molecule has 1 aromatic heterocycles. The summed E-state index contributed by atoms with van der Waals surface area (Å²) in [5.74, 6) is 0. The summed E-state index contributed by atoms with van der Waals surface area (Å²) in [5, 5.41) is 3.22. The SMILES string of the molecule is C=NOCc1ccoc1. The van der Waals surface area contributed by atoms with Crippen LogP contribution in [0.1, 0.15) is 5.56 Å². The topological polar surface area (TPSA) is 34.7 Å². The van der Waals surface area contributed by atoms with E-state index in [1.165, 1.54) is 0 Å². The first-order valence-corrected chi connectivity index (χ1v) is 2.52. The Morgan fingerprint density at radius 3 is 3.22 bits per heavy atom. The summed E-state index contributed by atoms with van der Waals surface area (Å²) in [6.45, 7) is 3.59. The Morgan fingerprint density at radius 2 is 2.67 bits per heavy atom. The van der Waals surface area contributed by atoms with Crippen molar-refractivity contribution in [1.29, 1.82) is 0 Å². The highest BCUT2D eigenvalue weighted by Crippen LogP contribution is 2.00. The lowest BCUT2D eigenvalue weighted by molar-refractivity contribution is 0.132. The van der Waals surface area contributed by atoms with Crippen LogP contribution < -0.4 is 0 Å². The molecular weight excluding hydrogens is 118 g/mol. The van der Waals surface area contributed by atoms with Crippen LogP contribution in [0.3, 0.4) is 0 Å². The van der Waals surface area contributed by atoms with E-state index < -0.39 is 0 Å². The summed E-state index contributed by atoms with van der Waals surface area (Å²) in [7, 11) is 0. The second-order valence-electron chi connectivity index (χ2n) is 1.53. The zero-order valence-corrected chi connectivity index (χ0v) is 4.91. The molecule has 1 heterocycles. The van der Waals surface area contributed by atoms with E-state index >= 15 is 0 Å². The van der Waals surface area contributed by atoms with E-state index in [4.69, 9.17) is 4.42 Å². The van der Waals surface area contributed by atoms with Crippen LogP contribution in [0.15, 0.2) is 28.2 Å². The van der Waals surface area contributed by atoms with Crippen LogP contribution in [0.25, 0.3) is 0 Å². The van der Waals surface area contributed by atoms with Crippen molar-refractivity contribution >= 4 is 6.72 Å². The number of furan rings is 1. The van der Waals surface area contributed by atoms with Crippen LogP contribution in [0.4, 0.5) is 0 Å². The predicted molar refractivity (Wildman–Crippen MR) is 33.0 cm³/mol. The van der Waals surface area contributed by atoms with Gasteiger partial charge in [0.05, 0.1) is 12.5 Å².